The SMILES string of the molecule is NNc1nc2ccc(Br)cc2n1C1CC1. The monoisotopic (exact) mass is 266 g/mol. The number of imidazole rings is 1. The Balaban J connectivity index is 2.30. The van der Waals surface area contributed by atoms with E-state index in [0.29, 0.717) is 6.04 Å². The number of nitrogen functional groups attached to an aromatic ring is 1. The molecule has 0 spiro atoms. The average molecular weight is 267 g/mol. The number of nitrogens with zero attached hydrogens (tertiary/aromatic N) is 2. The number of fused-ring (bicyclic) bond motifs is 1. The first kappa shape index (κ1) is 9.18. The third-order valence-corrected chi connectivity index (χ3v) is 3.19. The topological polar surface area (TPSA) is 55.9 Å². The molecule has 1 aliphatic rings. The molecule has 0 bridgehead atoms. The number of aromatic nitrogens is 2. The third-order valence-electron chi connectivity index (χ3n) is 2.69. The van der Waals surface area contributed by atoms with Gasteiger partial charge in [0.1, 0.15) is 0 Å². The van der Waals surface area contributed by atoms with E-state index in [1.54, 1.807) is 0 Å². The Morgan fingerprint density at radius 1 is 1.47 bits per heavy atom. The summed E-state index contributed by atoms with van der Waals surface area (Å²) in [4.78, 5) is 4.44. The van der Waals surface area contributed by atoms with Crippen LogP contribution in [0.5, 0.6) is 0 Å². The Bertz CT molecular complexity index is 515. The molecule has 0 unspecified atom stereocenters. The molecular weight excluding hydrogens is 256 g/mol. The molecule has 5 heteroatoms. The molecule has 1 fully saturated rings. The molecular formula is C10H11BrN4. The van der Waals surface area contributed by atoms with Gasteiger partial charge in [-0.05, 0) is 31.0 Å². The van der Waals surface area contributed by atoms with Gasteiger partial charge in [0.25, 0.3) is 0 Å². The number of hydrogen-bond acceptors (Lipinski definition) is 3. The molecule has 15 heavy (non-hydrogen) atoms. The Labute approximate surface area is 95.6 Å². The lowest BCUT2D eigenvalue weighted by Gasteiger charge is -2.05. The highest BCUT2D eigenvalue weighted by Gasteiger charge is 2.28. The average Bonchev–Trinajstić information content (AvgIpc) is 2.99. The molecule has 1 saturated carbocycles. The highest BCUT2D eigenvalue weighted by atomic mass is 79.9. The van der Waals surface area contributed by atoms with Crippen molar-refractivity contribution >= 4 is 32.9 Å². The van der Waals surface area contributed by atoms with Crippen LogP contribution in [0, 0.1) is 0 Å². The van der Waals surface area contributed by atoms with Crippen molar-refractivity contribution in [1.29, 1.82) is 0 Å². The molecule has 1 aromatic heterocycles. The number of anilines is 1. The van der Waals surface area contributed by atoms with Gasteiger partial charge in [0.05, 0.1) is 11.0 Å². The van der Waals surface area contributed by atoms with Gasteiger partial charge < -0.3 is 4.57 Å². The number of nitrogens with two attached hydrogens (primary N) is 1. The maximum atomic E-state index is 5.47. The van der Waals surface area contributed by atoms with Crippen molar-refractivity contribution in [2.75, 3.05) is 5.43 Å². The molecule has 1 aromatic carbocycles. The van der Waals surface area contributed by atoms with E-state index in [0.717, 1.165) is 21.5 Å². The molecule has 1 aliphatic carbocycles. The summed E-state index contributed by atoms with van der Waals surface area (Å²) in [6.07, 6.45) is 2.43. The maximum Gasteiger partial charge on any atom is 0.218 e. The molecule has 3 N–H and O–H groups in total. The first-order chi connectivity index (χ1) is 7.29. The van der Waals surface area contributed by atoms with Crippen LogP contribution in [0.2, 0.25) is 0 Å². The van der Waals surface area contributed by atoms with Crippen LogP contribution in [-0.4, -0.2) is 9.55 Å². The molecule has 3 rings (SSSR count). The van der Waals surface area contributed by atoms with Gasteiger partial charge in [0.15, 0.2) is 0 Å². The van der Waals surface area contributed by atoms with Crippen molar-refractivity contribution in [2.45, 2.75) is 18.9 Å². The van der Waals surface area contributed by atoms with E-state index >= 15 is 0 Å². The highest BCUT2D eigenvalue weighted by molar-refractivity contribution is 9.10. The third kappa shape index (κ3) is 1.42. The van der Waals surface area contributed by atoms with Crippen molar-refractivity contribution in [3.8, 4) is 0 Å². The van der Waals surface area contributed by atoms with Crippen LogP contribution in [0.1, 0.15) is 18.9 Å². The summed E-state index contributed by atoms with van der Waals surface area (Å²) in [7, 11) is 0. The molecule has 78 valence electrons. The van der Waals surface area contributed by atoms with Crippen LogP contribution in [0.15, 0.2) is 22.7 Å². The Morgan fingerprint density at radius 2 is 2.27 bits per heavy atom. The van der Waals surface area contributed by atoms with Crippen molar-refractivity contribution in [3.63, 3.8) is 0 Å². The summed E-state index contributed by atoms with van der Waals surface area (Å²) in [5.74, 6) is 6.23. The van der Waals surface area contributed by atoms with Crippen LogP contribution >= 0.6 is 15.9 Å². The summed E-state index contributed by atoms with van der Waals surface area (Å²) < 4.78 is 3.25. The van der Waals surface area contributed by atoms with Gasteiger partial charge in [-0.2, -0.15) is 0 Å². The minimum absolute atomic E-state index is 0.565. The largest absolute Gasteiger partial charge is 0.306 e. The van der Waals surface area contributed by atoms with Gasteiger partial charge in [-0.1, -0.05) is 15.9 Å². The number of benzene rings is 1. The normalized spacial score (nSPS) is 15.9. The summed E-state index contributed by atoms with van der Waals surface area (Å²) in [5.41, 5.74) is 4.79. The zero-order chi connectivity index (χ0) is 10.4. The number of hydrogen-bond donors (Lipinski definition) is 2. The number of nitrogens with one attached hydrogen (secondary N) is 1. The lowest BCUT2D eigenvalue weighted by molar-refractivity contribution is 0.770. The summed E-state index contributed by atoms with van der Waals surface area (Å²) in [6.45, 7) is 0. The zero-order valence-corrected chi connectivity index (χ0v) is 9.66. The smallest absolute Gasteiger partial charge is 0.218 e. The lowest BCUT2D eigenvalue weighted by atomic mass is 10.3. The van der Waals surface area contributed by atoms with Crippen LogP contribution < -0.4 is 11.3 Å². The minimum Gasteiger partial charge on any atom is -0.306 e. The van der Waals surface area contributed by atoms with E-state index < -0.39 is 0 Å². The van der Waals surface area contributed by atoms with E-state index in [1.807, 2.05) is 12.1 Å². The second kappa shape index (κ2) is 3.21. The Hall–Kier alpha value is -1.07. The minimum atomic E-state index is 0.565. The summed E-state index contributed by atoms with van der Waals surface area (Å²) in [5, 5.41) is 0. The molecule has 2 aromatic rings. The van der Waals surface area contributed by atoms with Crippen LogP contribution in [0.25, 0.3) is 11.0 Å². The van der Waals surface area contributed by atoms with E-state index in [-0.39, 0.29) is 0 Å². The number of rotatable bonds is 2. The fraction of sp³-hybridized carbons (Fsp3) is 0.300. The summed E-state index contributed by atoms with van der Waals surface area (Å²) >= 11 is 3.47. The maximum absolute atomic E-state index is 5.47. The van der Waals surface area contributed by atoms with Gasteiger partial charge in [-0.25, -0.2) is 10.8 Å². The van der Waals surface area contributed by atoms with Gasteiger partial charge >= 0.3 is 0 Å². The Kier molecular flexibility index (Phi) is 1.97. The summed E-state index contributed by atoms with van der Waals surface area (Å²) in [6, 6.07) is 6.64. The first-order valence-electron chi connectivity index (χ1n) is 4.93. The number of hydrazine groups is 1. The molecule has 0 radical (unpaired) electrons. The van der Waals surface area contributed by atoms with Gasteiger partial charge in [-0.15, -0.1) is 0 Å². The second-order valence-corrected chi connectivity index (χ2v) is 4.73. The van der Waals surface area contributed by atoms with Crippen molar-refractivity contribution in [2.24, 2.45) is 5.84 Å². The lowest BCUT2D eigenvalue weighted by Crippen LogP contribution is -2.12. The van der Waals surface area contributed by atoms with E-state index in [9.17, 15) is 0 Å². The number of halogens is 1. The second-order valence-electron chi connectivity index (χ2n) is 3.81. The van der Waals surface area contributed by atoms with Crippen molar-refractivity contribution in [1.82, 2.24) is 9.55 Å². The van der Waals surface area contributed by atoms with Gasteiger partial charge in [-0.3, -0.25) is 5.43 Å². The molecule has 0 atom stereocenters. The highest BCUT2D eigenvalue weighted by Crippen LogP contribution is 2.40. The molecule has 0 amide bonds. The van der Waals surface area contributed by atoms with Crippen molar-refractivity contribution < 1.29 is 0 Å². The Morgan fingerprint density at radius 3 is 2.93 bits per heavy atom. The zero-order valence-electron chi connectivity index (χ0n) is 8.07. The quantitative estimate of drug-likeness (QED) is 0.649. The van der Waals surface area contributed by atoms with Crippen LogP contribution in [-0.2, 0) is 0 Å². The fourth-order valence-corrected chi connectivity index (χ4v) is 2.22. The molecule has 4 nitrogen and oxygen atoms in total. The predicted octanol–water partition coefficient (Wildman–Crippen LogP) is 2.42. The van der Waals surface area contributed by atoms with Gasteiger partial charge in [0, 0.05) is 10.5 Å². The standard InChI is InChI=1S/C10H11BrN4/c11-6-1-4-8-9(5-6)15(7-2-3-7)10(13-8)14-12/h1,4-5,7H,2-3,12H2,(H,13,14). The van der Waals surface area contributed by atoms with Crippen LogP contribution in [0.3, 0.4) is 0 Å². The van der Waals surface area contributed by atoms with E-state index in [1.165, 1.54) is 12.8 Å². The fourth-order valence-electron chi connectivity index (χ4n) is 1.87. The molecule has 0 saturated heterocycles. The molecule has 0 aliphatic heterocycles. The van der Waals surface area contributed by atoms with E-state index in [2.05, 4.69) is 37.0 Å². The van der Waals surface area contributed by atoms with Crippen molar-refractivity contribution in [3.05, 3.63) is 22.7 Å². The van der Waals surface area contributed by atoms with Crippen LogP contribution in [0.4, 0.5) is 5.95 Å². The predicted molar refractivity (Wildman–Crippen MR) is 63.5 cm³/mol. The van der Waals surface area contributed by atoms with E-state index in [4.69, 9.17) is 5.84 Å². The molecule has 1 heterocycles. The first-order valence-corrected chi connectivity index (χ1v) is 5.73. The van der Waals surface area contributed by atoms with Gasteiger partial charge in [0.2, 0.25) is 5.95 Å².